The number of hydrogen-bond acceptors (Lipinski definition) is 6. The summed E-state index contributed by atoms with van der Waals surface area (Å²) in [7, 11) is 3.73. The minimum Gasteiger partial charge on any atom is -0.338 e. The zero-order chi connectivity index (χ0) is 36.7. The zero-order valence-corrected chi connectivity index (χ0v) is 34.0. The predicted octanol–water partition coefficient (Wildman–Crippen LogP) is 9.43. The predicted molar refractivity (Wildman–Crippen MR) is 224 cm³/mol. The van der Waals surface area contributed by atoms with Crippen LogP contribution in [0.1, 0.15) is 149 Å². The molecule has 8 nitrogen and oxygen atoms in total. The zero-order valence-electron chi connectivity index (χ0n) is 32.3. The Hall–Kier alpha value is -2.40. The van der Waals surface area contributed by atoms with Gasteiger partial charge in [-0.15, -0.1) is 0 Å². The molecule has 10 heteroatoms. The molecule has 4 amide bonds. The van der Waals surface area contributed by atoms with Gasteiger partial charge in [0.15, 0.2) is 0 Å². The molecule has 4 N–H and O–H groups in total. The number of carbonyl (C=O) groups excluding carboxylic acids is 2. The number of hydrogen-bond donors (Lipinski definition) is 4. The number of nitrogens with zero attached hydrogens (tertiary/aromatic N) is 2. The van der Waals surface area contributed by atoms with Gasteiger partial charge in [-0.25, -0.2) is 9.59 Å². The Kier molecular flexibility index (Phi) is 13.3. The van der Waals surface area contributed by atoms with Crippen molar-refractivity contribution in [3.63, 3.8) is 0 Å². The molecule has 54 heavy (non-hydrogen) atoms. The van der Waals surface area contributed by atoms with E-state index in [2.05, 4.69) is 79.6 Å². The lowest BCUT2D eigenvalue weighted by Gasteiger charge is -2.31. The minimum absolute atomic E-state index is 0.00405. The third kappa shape index (κ3) is 9.24. The molecule has 8 rings (SSSR count). The Balaban J connectivity index is 0.587. The summed E-state index contributed by atoms with van der Waals surface area (Å²) < 4.78 is 0. The molecule has 2 saturated carbocycles. The Morgan fingerprint density at radius 3 is 1.22 bits per heavy atom. The van der Waals surface area contributed by atoms with Crippen molar-refractivity contribution in [2.24, 2.45) is 11.8 Å². The van der Waals surface area contributed by atoms with E-state index in [-0.39, 0.29) is 12.1 Å². The number of benzene rings is 2. The first-order chi connectivity index (χ1) is 26.6. The highest BCUT2D eigenvalue weighted by Gasteiger charge is 2.44. The first kappa shape index (κ1) is 38.5. The standard InChI is InChI=1S/C44H64N6O2S2/c51-43(47-33-15-11-31(12-16-33)23-27-49-39-19-20-40(49)36-8-2-1-7-35(36)39)45-25-5-29-53-54-30-6-26-46-44(52)48-34-17-13-32(14-18-34)24-28-50-41-21-22-42(50)38-10-4-3-9-37(38)41/h1-4,7-10,31-34,39-42H,5-6,11-30H2,(H2,45,47,51)(H2,46,48,52). The van der Waals surface area contributed by atoms with Crippen LogP contribution in [0.25, 0.3) is 0 Å². The molecule has 4 atom stereocenters. The van der Waals surface area contributed by atoms with Crippen molar-refractivity contribution in [2.45, 2.75) is 139 Å². The normalized spacial score (nSPS) is 29.9. The Bertz CT molecular complexity index is 1370. The van der Waals surface area contributed by atoms with Crippen LogP contribution in [0, 0.1) is 11.8 Å². The lowest BCUT2D eigenvalue weighted by molar-refractivity contribution is 0.185. The smallest absolute Gasteiger partial charge is 0.315 e. The van der Waals surface area contributed by atoms with Gasteiger partial charge in [0.1, 0.15) is 0 Å². The summed E-state index contributed by atoms with van der Waals surface area (Å²) in [6.07, 6.45) is 19.1. The van der Waals surface area contributed by atoms with Gasteiger partial charge in [0.2, 0.25) is 0 Å². The van der Waals surface area contributed by atoms with E-state index in [0.29, 0.717) is 49.3 Å². The fourth-order valence-electron chi connectivity index (χ4n) is 11.0. The van der Waals surface area contributed by atoms with Gasteiger partial charge in [0.05, 0.1) is 0 Å². The van der Waals surface area contributed by atoms with Crippen molar-refractivity contribution < 1.29 is 9.59 Å². The molecule has 4 heterocycles. The van der Waals surface area contributed by atoms with Crippen LogP contribution in [-0.2, 0) is 0 Å². The van der Waals surface area contributed by atoms with Crippen LogP contribution in [-0.4, -0.2) is 71.6 Å². The largest absolute Gasteiger partial charge is 0.338 e. The maximum absolute atomic E-state index is 12.5. The highest BCUT2D eigenvalue weighted by Crippen LogP contribution is 2.54. The monoisotopic (exact) mass is 772 g/mol. The van der Waals surface area contributed by atoms with Gasteiger partial charge in [-0.05, 0) is 150 Å². The summed E-state index contributed by atoms with van der Waals surface area (Å²) >= 11 is 0. The molecular weight excluding hydrogens is 709 g/mol. The average Bonchev–Trinajstić information content (AvgIpc) is 3.96. The fourth-order valence-corrected chi connectivity index (χ4v) is 13.2. The van der Waals surface area contributed by atoms with Gasteiger partial charge in [0, 0.05) is 60.8 Å². The van der Waals surface area contributed by atoms with E-state index in [1.807, 2.05) is 21.6 Å². The Morgan fingerprint density at radius 1 is 0.519 bits per heavy atom. The van der Waals surface area contributed by atoms with E-state index in [9.17, 15) is 9.59 Å². The van der Waals surface area contributed by atoms with Crippen LogP contribution in [0.4, 0.5) is 9.59 Å². The summed E-state index contributed by atoms with van der Waals surface area (Å²) in [5.41, 5.74) is 6.33. The van der Waals surface area contributed by atoms with E-state index in [0.717, 1.165) is 61.9 Å². The van der Waals surface area contributed by atoms with Crippen LogP contribution in [0.15, 0.2) is 48.5 Å². The summed E-state index contributed by atoms with van der Waals surface area (Å²) in [5.74, 6) is 3.61. The van der Waals surface area contributed by atoms with Gasteiger partial charge in [0.25, 0.3) is 0 Å². The average molecular weight is 773 g/mol. The molecule has 4 unspecified atom stereocenters. The molecule has 4 bridgehead atoms. The number of rotatable bonds is 17. The lowest BCUT2D eigenvalue weighted by Crippen LogP contribution is -2.44. The molecule has 0 radical (unpaired) electrons. The van der Waals surface area contributed by atoms with Crippen LogP contribution in [0.2, 0.25) is 0 Å². The first-order valence-corrected chi connectivity index (χ1v) is 24.1. The van der Waals surface area contributed by atoms with Gasteiger partial charge < -0.3 is 21.3 Å². The second-order valence-corrected chi connectivity index (χ2v) is 19.8. The second kappa shape index (κ2) is 18.7. The molecule has 2 aromatic carbocycles. The summed E-state index contributed by atoms with van der Waals surface area (Å²) in [5, 5.41) is 12.6. The van der Waals surface area contributed by atoms with E-state index >= 15 is 0 Å². The summed E-state index contributed by atoms with van der Waals surface area (Å²) in [6, 6.07) is 21.4. The Labute approximate surface area is 332 Å². The summed E-state index contributed by atoms with van der Waals surface area (Å²) in [6.45, 7) is 3.87. The van der Waals surface area contributed by atoms with Gasteiger partial charge in [-0.3, -0.25) is 9.80 Å². The SMILES string of the molecule is O=C(NCCCSSCCCNC(=O)NC1CCC(CCN2C3CCC2c2ccccc23)CC1)NC1CCC(CCN2C3CCC2c2ccccc23)CC1. The lowest BCUT2D eigenvalue weighted by atomic mass is 9.84. The topological polar surface area (TPSA) is 88.7 Å². The maximum atomic E-state index is 12.5. The molecule has 4 aliphatic heterocycles. The van der Waals surface area contributed by atoms with Crippen LogP contribution in [0.3, 0.4) is 0 Å². The van der Waals surface area contributed by atoms with Crippen LogP contribution >= 0.6 is 21.6 Å². The third-order valence-electron chi connectivity index (χ3n) is 13.9. The minimum atomic E-state index is -0.00405. The molecular formula is C44H64N6O2S2. The quantitative estimate of drug-likeness (QED) is 0.0947. The molecule has 294 valence electrons. The highest BCUT2D eigenvalue weighted by atomic mass is 33.1. The molecule has 2 aliphatic carbocycles. The molecule has 4 fully saturated rings. The molecule has 6 aliphatic rings. The third-order valence-corrected chi connectivity index (χ3v) is 16.5. The number of nitrogens with one attached hydrogen (secondary N) is 4. The van der Waals surface area contributed by atoms with Crippen molar-refractivity contribution in [1.82, 2.24) is 31.1 Å². The molecule has 0 aromatic heterocycles. The van der Waals surface area contributed by atoms with Gasteiger partial charge in [-0.2, -0.15) is 0 Å². The van der Waals surface area contributed by atoms with E-state index < -0.39 is 0 Å². The molecule has 2 aromatic rings. The van der Waals surface area contributed by atoms with Crippen molar-refractivity contribution in [1.29, 1.82) is 0 Å². The molecule has 0 spiro atoms. The second-order valence-electron chi connectivity index (χ2n) is 17.1. The first-order valence-electron chi connectivity index (χ1n) is 21.6. The number of amides is 4. The highest BCUT2D eigenvalue weighted by molar-refractivity contribution is 8.76. The molecule has 2 saturated heterocycles. The maximum Gasteiger partial charge on any atom is 0.315 e. The number of fused-ring (bicyclic) bond motifs is 10. The van der Waals surface area contributed by atoms with Crippen molar-refractivity contribution in [3.8, 4) is 0 Å². The van der Waals surface area contributed by atoms with Crippen LogP contribution < -0.4 is 21.3 Å². The van der Waals surface area contributed by atoms with Crippen molar-refractivity contribution >= 4 is 33.7 Å². The van der Waals surface area contributed by atoms with E-state index in [1.54, 1.807) is 22.3 Å². The van der Waals surface area contributed by atoms with Crippen molar-refractivity contribution in [3.05, 3.63) is 70.8 Å². The fraction of sp³-hybridized carbons (Fsp3) is 0.682. The number of carbonyl (C=O) groups is 2. The Morgan fingerprint density at radius 2 is 0.870 bits per heavy atom. The van der Waals surface area contributed by atoms with E-state index in [1.165, 1.54) is 77.3 Å². The number of urea groups is 2. The summed E-state index contributed by atoms with van der Waals surface area (Å²) in [4.78, 5) is 30.6. The van der Waals surface area contributed by atoms with Gasteiger partial charge >= 0.3 is 12.1 Å². The van der Waals surface area contributed by atoms with E-state index in [4.69, 9.17) is 0 Å². The van der Waals surface area contributed by atoms with Crippen LogP contribution in [0.5, 0.6) is 0 Å². The van der Waals surface area contributed by atoms with Crippen molar-refractivity contribution in [2.75, 3.05) is 37.7 Å². The van der Waals surface area contributed by atoms with Gasteiger partial charge in [-0.1, -0.05) is 70.1 Å².